The van der Waals surface area contributed by atoms with Gasteiger partial charge >= 0.3 is 0 Å². The Labute approximate surface area is 139 Å². The minimum Gasteiger partial charge on any atom is -0.379 e. The fourth-order valence-electron chi connectivity index (χ4n) is 1.29. The summed E-state index contributed by atoms with van der Waals surface area (Å²) in [6, 6.07) is 8.09. The van der Waals surface area contributed by atoms with Crippen molar-refractivity contribution in [3.63, 3.8) is 0 Å². The molecule has 0 unspecified atom stereocenters. The van der Waals surface area contributed by atoms with Crippen LogP contribution in [0.3, 0.4) is 0 Å². The van der Waals surface area contributed by atoms with Gasteiger partial charge in [0, 0.05) is 19.5 Å². The second kappa shape index (κ2) is 6.23. The summed E-state index contributed by atoms with van der Waals surface area (Å²) in [5.41, 5.74) is 0.965. The van der Waals surface area contributed by atoms with Crippen LogP contribution >= 0.6 is 77.4 Å². The van der Waals surface area contributed by atoms with Crippen LogP contribution in [-0.2, 0) is 6.54 Å². The van der Waals surface area contributed by atoms with Crippen molar-refractivity contribution < 1.29 is 0 Å². The Hall–Kier alpha value is 0.700. The van der Waals surface area contributed by atoms with Crippen molar-refractivity contribution in [3.05, 3.63) is 46.0 Å². The van der Waals surface area contributed by atoms with Gasteiger partial charge in [0.1, 0.15) is 0 Å². The number of thiophene rings is 1. The molecule has 6 heteroatoms. The molecule has 1 N–H and O–H groups in total. The average molecular weight is 507 g/mol. The molecule has 2 rings (SSSR count). The van der Waals surface area contributed by atoms with Gasteiger partial charge in [0.15, 0.2) is 0 Å². The maximum atomic E-state index is 6.15. The van der Waals surface area contributed by atoms with Crippen LogP contribution in [0.25, 0.3) is 0 Å². The smallest absolute Gasteiger partial charge is 0.0843 e. The van der Waals surface area contributed by atoms with E-state index in [0.29, 0.717) is 0 Å². The van der Waals surface area contributed by atoms with E-state index in [9.17, 15) is 0 Å². The Bertz CT molecular complexity index is 525. The van der Waals surface area contributed by atoms with E-state index < -0.39 is 0 Å². The summed E-state index contributed by atoms with van der Waals surface area (Å²) in [7, 11) is 0. The topological polar surface area (TPSA) is 12.0 Å². The van der Waals surface area contributed by atoms with E-state index in [0.717, 1.165) is 29.1 Å². The van der Waals surface area contributed by atoms with E-state index in [1.165, 1.54) is 4.88 Å². The Morgan fingerprint density at radius 3 is 2.65 bits per heavy atom. The molecule has 1 aromatic heterocycles. The summed E-state index contributed by atoms with van der Waals surface area (Å²) in [4.78, 5) is 1.25. The number of benzene rings is 1. The molecule has 1 heterocycles. The summed E-state index contributed by atoms with van der Waals surface area (Å²) < 4.78 is 3.34. The van der Waals surface area contributed by atoms with Gasteiger partial charge in [0.25, 0.3) is 0 Å². The van der Waals surface area contributed by atoms with Gasteiger partial charge in [0.2, 0.25) is 0 Å². The van der Waals surface area contributed by atoms with Crippen LogP contribution in [0.5, 0.6) is 0 Å². The molecule has 17 heavy (non-hydrogen) atoms. The minimum atomic E-state index is 0.756. The van der Waals surface area contributed by atoms with Crippen molar-refractivity contribution in [2.45, 2.75) is 6.54 Å². The number of rotatable bonds is 3. The third-order valence-corrected chi connectivity index (χ3v) is 6.32. The monoisotopic (exact) mass is 505 g/mol. The third kappa shape index (κ3) is 3.83. The molecule has 0 aliphatic heterocycles. The van der Waals surface area contributed by atoms with E-state index >= 15 is 0 Å². The van der Waals surface area contributed by atoms with Crippen LogP contribution in [0.4, 0.5) is 5.69 Å². The van der Waals surface area contributed by atoms with Gasteiger partial charge in [-0.25, -0.2) is 0 Å². The third-order valence-electron chi connectivity index (χ3n) is 2.08. The molecular weight excluding hydrogens is 500 g/mol. The van der Waals surface area contributed by atoms with Gasteiger partial charge in [-0.1, -0.05) is 11.6 Å². The predicted molar refractivity (Wildman–Crippen MR) is 91.2 cm³/mol. The average Bonchev–Trinajstić information content (AvgIpc) is 2.57. The Morgan fingerprint density at radius 2 is 2.06 bits per heavy atom. The SMILES string of the molecule is Clc1cc(I)ccc1NCc1cc(Br)c(Br)s1. The highest BCUT2D eigenvalue weighted by atomic mass is 127. The molecule has 0 radical (unpaired) electrons. The van der Waals surface area contributed by atoms with Crippen LogP contribution in [0.15, 0.2) is 32.5 Å². The number of halogens is 4. The molecule has 90 valence electrons. The van der Waals surface area contributed by atoms with E-state index in [4.69, 9.17) is 11.6 Å². The highest BCUT2D eigenvalue weighted by molar-refractivity contribution is 14.1. The summed E-state index contributed by atoms with van der Waals surface area (Å²) in [6.07, 6.45) is 0. The number of hydrogen-bond acceptors (Lipinski definition) is 2. The largest absolute Gasteiger partial charge is 0.379 e. The first-order chi connectivity index (χ1) is 8.06. The lowest BCUT2D eigenvalue weighted by atomic mass is 10.3. The second-order valence-corrected chi connectivity index (χ2v) is 8.27. The lowest BCUT2D eigenvalue weighted by Crippen LogP contribution is -1.97. The fraction of sp³-hybridized carbons (Fsp3) is 0.0909. The molecule has 0 aliphatic carbocycles. The lowest BCUT2D eigenvalue weighted by Gasteiger charge is -2.07. The molecular formula is C11H7Br2ClINS. The summed E-state index contributed by atoms with van der Waals surface area (Å²) in [5.74, 6) is 0. The van der Waals surface area contributed by atoms with Crippen molar-refractivity contribution in [2.24, 2.45) is 0 Å². The molecule has 0 spiro atoms. The standard InChI is InChI=1S/C11H7Br2ClINS/c12-8-4-7(17-11(8)13)5-16-10-2-1-6(15)3-9(10)14/h1-4,16H,5H2. The zero-order valence-electron chi connectivity index (χ0n) is 8.44. The van der Waals surface area contributed by atoms with Crippen LogP contribution in [0.1, 0.15) is 4.88 Å². The van der Waals surface area contributed by atoms with Crippen molar-refractivity contribution in [1.82, 2.24) is 0 Å². The second-order valence-electron chi connectivity index (χ2n) is 3.31. The minimum absolute atomic E-state index is 0.756. The van der Waals surface area contributed by atoms with E-state index in [2.05, 4.69) is 65.8 Å². The maximum absolute atomic E-state index is 6.15. The van der Waals surface area contributed by atoms with E-state index in [1.54, 1.807) is 11.3 Å². The Morgan fingerprint density at radius 1 is 1.29 bits per heavy atom. The number of nitrogens with one attached hydrogen (secondary N) is 1. The van der Waals surface area contributed by atoms with Gasteiger partial charge in [-0.05, 0) is 78.7 Å². The molecule has 1 nitrogen and oxygen atoms in total. The fourth-order valence-corrected chi connectivity index (χ4v) is 4.33. The lowest BCUT2D eigenvalue weighted by molar-refractivity contribution is 1.19. The van der Waals surface area contributed by atoms with Crippen molar-refractivity contribution in [3.8, 4) is 0 Å². The molecule has 0 atom stereocenters. The highest BCUT2D eigenvalue weighted by Gasteiger charge is 2.05. The zero-order valence-corrected chi connectivity index (χ0v) is 15.3. The molecule has 0 fully saturated rings. The van der Waals surface area contributed by atoms with Gasteiger partial charge in [-0.2, -0.15) is 0 Å². The quantitative estimate of drug-likeness (QED) is 0.492. The zero-order chi connectivity index (χ0) is 12.4. The van der Waals surface area contributed by atoms with Gasteiger partial charge in [-0.3, -0.25) is 0 Å². The predicted octanol–water partition coefficient (Wildman–Crippen LogP) is 6.14. The summed E-state index contributed by atoms with van der Waals surface area (Å²) in [5, 5.41) is 4.09. The van der Waals surface area contributed by atoms with Crippen molar-refractivity contribution >= 4 is 83.1 Å². The molecule has 0 amide bonds. The first-order valence-corrected chi connectivity index (χ1v) is 8.55. The highest BCUT2D eigenvalue weighted by Crippen LogP contribution is 2.33. The first kappa shape index (κ1) is 14.1. The molecule has 0 saturated heterocycles. The van der Waals surface area contributed by atoms with Gasteiger partial charge in [0.05, 0.1) is 14.5 Å². The Balaban J connectivity index is 2.07. The Kier molecular flexibility index (Phi) is 5.18. The first-order valence-electron chi connectivity index (χ1n) is 4.69. The van der Waals surface area contributed by atoms with Crippen molar-refractivity contribution in [2.75, 3.05) is 5.32 Å². The van der Waals surface area contributed by atoms with E-state index in [1.807, 2.05) is 18.2 Å². The molecule has 2 aromatic rings. The van der Waals surface area contributed by atoms with Crippen LogP contribution in [0.2, 0.25) is 5.02 Å². The van der Waals surface area contributed by atoms with Gasteiger partial charge < -0.3 is 5.32 Å². The van der Waals surface area contributed by atoms with Gasteiger partial charge in [-0.15, -0.1) is 11.3 Å². The van der Waals surface area contributed by atoms with E-state index in [-0.39, 0.29) is 0 Å². The molecule has 1 aromatic carbocycles. The summed E-state index contributed by atoms with van der Waals surface area (Å²) >= 11 is 17.1. The molecule has 0 saturated carbocycles. The number of hydrogen-bond donors (Lipinski definition) is 1. The van der Waals surface area contributed by atoms with Crippen LogP contribution < -0.4 is 5.32 Å². The number of anilines is 1. The van der Waals surface area contributed by atoms with Crippen LogP contribution in [0, 0.1) is 3.57 Å². The molecule has 0 bridgehead atoms. The van der Waals surface area contributed by atoms with Crippen LogP contribution in [-0.4, -0.2) is 0 Å². The summed E-state index contributed by atoms with van der Waals surface area (Å²) in [6.45, 7) is 0.773. The molecule has 0 aliphatic rings. The maximum Gasteiger partial charge on any atom is 0.0843 e. The van der Waals surface area contributed by atoms with Crippen molar-refractivity contribution in [1.29, 1.82) is 0 Å². The normalized spacial score (nSPS) is 10.6.